The Kier molecular flexibility index (Phi) is 4.09. The molecule has 0 fully saturated rings. The number of nitrogen functional groups attached to an aromatic ring is 1. The smallest absolute Gasteiger partial charge is 0.256 e. The quantitative estimate of drug-likeness (QED) is 0.813. The lowest BCUT2D eigenvalue weighted by Crippen LogP contribution is -2.13. The van der Waals surface area contributed by atoms with Crippen molar-refractivity contribution in [1.29, 1.82) is 0 Å². The third-order valence-corrected chi connectivity index (χ3v) is 3.47. The van der Waals surface area contributed by atoms with Crippen molar-refractivity contribution in [1.82, 2.24) is 0 Å². The van der Waals surface area contributed by atoms with Crippen LogP contribution in [-0.2, 0) is 0 Å². The van der Waals surface area contributed by atoms with Gasteiger partial charge in [0.2, 0.25) is 0 Å². The van der Waals surface area contributed by atoms with Gasteiger partial charge in [0, 0.05) is 10.2 Å². The summed E-state index contributed by atoms with van der Waals surface area (Å²) in [5.74, 6) is -0.895. The molecular weight excluding hydrogens is 323 g/mol. The van der Waals surface area contributed by atoms with E-state index in [0.29, 0.717) is 15.7 Å². The average molecular weight is 337 g/mol. The molecule has 104 valence electrons. The Hall–Kier alpha value is -1.88. The van der Waals surface area contributed by atoms with Crippen LogP contribution >= 0.6 is 15.9 Å². The molecule has 2 aromatic carbocycles. The number of aryl methyl sites for hydroxylation is 2. The van der Waals surface area contributed by atoms with Crippen molar-refractivity contribution in [3.05, 3.63) is 57.3 Å². The largest absolute Gasteiger partial charge is 0.396 e. The number of nitrogens with two attached hydrogens (primary N) is 1. The number of nitrogens with one attached hydrogen (secondary N) is 1. The Morgan fingerprint density at radius 3 is 2.35 bits per heavy atom. The summed E-state index contributed by atoms with van der Waals surface area (Å²) in [6.07, 6.45) is 0. The summed E-state index contributed by atoms with van der Waals surface area (Å²) in [7, 11) is 0. The second kappa shape index (κ2) is 5.63. The van der Waals surface area contributed by atoms with Gasteiger partial charge in [-0.15, -0.1) is 0 Å². The number of carbonyl (C=O) groups is 1. The summed E-state index contributed by atoms with van der Waals surface area (Å²) in [4.78, 5) is 12.2. The highest BCUT2D eigenvalue weighted by Gasteiger charge is 2.13. The van der Waals surface area contributed by atoms with Gasteiger partial charge in [-0.2, -0.15) is 0 Å². The minimum atomic E-state index is -0.556. The number of anilines is 2. The zero-order valence-electron chi connectivity index (χ0n) is 11.1. The molecule has 3 N–H and O–H groups in total. The number of halogens is 2. The first kappa shape index (κ1) is 14.5. The molecule has 0 heterocycles. The van der Waals surface area contributed by atoms with E-state index in [2.05, 4.69) is 21.2 Å². The van der Waals surface area contributed by atoms with E-state index in [9.17, 15) is 9.18 Å². The fourth-order valence-corrected chi connectivity index (χ4v) is 2.48. The van der Waals surface area contributed by atoms with Crippen LogP contribution < -0.4 is 11.1 Å². The third-order valence-electron chi connectivity index (χ3n) is 2.81. The zero-order chi connectivity index (χ0) is 14.9. The Balaban J connectivity index is 2.30. The number of benzene rings is 2. The lowest BCUT2D eigenvalue weighted by Gasteiger charge is -2.10. The van der Waals surface area contributed by atoms with Crippen molar-refractivity contribution in [2.45, 2.75) is 13.8 Å². The molecule has 0 saturated carbocycles. The highest BCUT2D eigenvalue weighted by atomic mass is 79.9. The summed E-state index contributed by atoms with van der Waals surface area (Å²) in [6.45, 7) is 3.91. The van der Waals surface area contributed by atoms with Crippen molar-refractivity contribution in [3.8, 4) is 0 Å². The van der Waals surface area contributed by atoms with E-state index in [0.717, 1.165) is 11.1 Å². The van der Waals surface area contributed by atoms with Crippen molar-refractivity contribution in [2.24, 2.45) is 0 Å². The first-order chi connectivity index (χ1) is 9.36. The van der Waals surface area contributed by atoms with E-state index in [4.69, 9.17) is 5.73 Å². The van der Waals surface area contributed by atoms with E-state index in [1.165, 1.54) is 12.1 Å². The summed E-state index contributed by atoms with van der Waals surface area (Å²) < 4.78 is 13.6. The number of hydrogen-bond acceptors (Lipinski definition) is 2. The first-order valence-corrected chi connectivity index (χ1v) is 6.80. The maximum absolute atomic E-state index is 13.3. The molecule has 3 nitrogen and oxygen atoms in total. The van der Waals surface area contributed by atoms with Crippen LogP contribution in [0.2, 0.25) is 0 Å². The van der Waals surface area contributed by atoms with Crippen molar-refractivity contribution >= 4 is 33.2 Å². The summed E-state index contributed by atoms with van der Waals surface area (Å²) >= 11 is 3.17. The molecule has 0 unspecified atom stereocenters. The second-order valence-electron chi connectivity index (χ2n) is 4.68. The molecule has 0 aliphatic carbocycles. The molecule has 5 heteroatoms. The first-order valence-electron chi connectivity index (χ1n) is 6.01. The number of carbonyl (C=O) groups excluding carboxylic acids is 1. The standard InChI is InChI=1S/C15H14BrFN2O/c1-8-3-9(2)5-10(4-8)19-15(20)11-6-14(18)13(17)7-12(11)16/h3-7H,18H2,1-2H3,(H,19,20). The monoisotopic (exact) mass is 336 g/mol. The van der Waals surface area contributed by atoms with Crippen LogP contribution in [0.4, 0.5) is 15.8 Å². The van der Waals surface area contributed by atoms with E-state index < -0.39 is 5.82 Å². The molecule has 0 bridgehead atoms. The van der Waals surface area contributed by atoms with Gasteiger partial charge in [0.05, 0.1) is 11.3 Å². The molecule has 0 aliphatic rings. The van der Waals surface area contributed by atoms with Crippen LogP contribution in [0, 0.1) is 19.7 Å². The molecule has 0 spiro atoms. The summed E-state index contributed by atoms with van der Waals surface area (Å²) in [5.41, 5.74) is 8.53. The van der Waals surface area contributed by atoms with Gasteiger partial charge in [-0.3, -0.25) is 4.79 Å². The second-order valence-corrected chi connectivity index (χ2v) is 5.54. The molecule has 0 aliphatic heterocycles. The van der Waals surface area contributed by atoms with Crippen molar-refractivity contribution in [3.63, 3.8) is 0 Å². The Morgan fingerprint density at radius 1 is 1.15 bits per heavy atom. The van der Waals surface area contributed by atoms with Gasteiger partial charge in [-0.05, 0) is 65.2 Å². The lowest BCUT2D eigenvalue weighted by atomic mass is 10.1. The SMILES string of the molecule is Cc1cc(C)cc(NC(=O)c2cc(N)c(F)cc2Br)c1. The maximum atomic E-state index is 13.3. The minimum absolute atomic E-state index is 0.0567. The molecule has 2 rings (SSSR count). The van der Waals surface area contributed by atoms with Crippen LogP contribution in [0.15, 0.2) is 34.8 Å². The van der Waals surface area contributed by atoms with Gasteiger partial charge in [-0.25, -0.2) is 4.39 Å². The van der Waals surface area contributed by atoms with Gasteiger partial charge < -0.3 is 11.1 Å². The topological polar surface area (TPSA) is 55.1 Å². The molecule has 0 atom stereocenters. The predicted molar refractivity (Wildman–Crippen MR) is 82.4 cm³/mol. The van der Waals surface area contributed by atoms with Crippen molar-refractivity contribution in [2.75, 3.05) is 11.1 Å². The van der Waals surface area contributed by atoms with Gasteiger partial charge in [0.1, 0.15) is 5.82 Å². The molecule has 0 saturated heterocycles. The van der Waals surface area contributed by atoms with Gasteiger partial charge >= 0.3 is 0 Å². The average Bonchev–Trinajstić information content (AvgIpc) is 2.32. The van der Waals surface area contributed by atoms with E-state index >= 15 is 0 Å². The Labute approximate surface area is 125 Å². The van der Waals surface area contributed by atoms with Crippen LogP contribution in [-0.4, -0.2) is 5.91 Å². The zero-order valence-corrected chi connectivity index (χ0v) is 12.7. The number of hydrogen-bond donors (Lipinski definition) is 2. The van der Waals surface area contributed by atoms with Crippen LogP contribution in [0.5, 0.6) is 0 Å². The van der Waals surface area contributed by atoms with Crippen molar-refractivity contribution < 1.29 is 9.18 Å². The van der Waals surface area contributed by atoms with Crippen LogP contribution in [0.25, 0.3) is 0 Å². The fourth-order valence-electron chi connectivity index (χ4n) is 1.99. The van der Waals surface area contributed by atoms with E-state index in [1.54, 1.807) is 0 Å². The lowest BCUT2D eigenvalue weighted by molar-refractivity contribution is 0.102. The van der Waals surface area contributed by atoms with Gasteiger partial charge in [0.15, 0.2) is 0 Å². The van der Waals surface area contributed by atoms with E-state index in [1.807, 2.05) is 32.0 Å². The summed E-state index contributed by atoms with van der Waals surface area (Å²) in [6, 6.07) is 8.25. The molecule has 0 aromatic heterocycles. The Morgan fingerprint density at radius 2 is 1.75 bits per heavy atom. The molecule has 20 heavy (non-hydrogen) atoms. The molecule has 2 aromatic rings. The normalized spacial score (nSPS) is 10.4. The number of rotatable bonds is 2. The minimum Gasteiger partial charge on any atom is -0.396 e. The maximum Gasteiger partial charge on any atom is 0.256 e. The Bertz CT molecular complexity index is 666. The highest BCUT2D eigenvalue weighted by Crippen LogP contribution is 2.24. The van der Waals surface area contributed by atoms with Crippen LogP contribution in [0.3, 0.4) is 0 Å². The molecule has 1 amide bonds. The van der Waals surface area contributed by atoms with E-state index in [-0.39, 0.29) is 11.6 Å². The molecule has 0 radical (unpaired) electrons. The predicted octanol–water partition coefficient (Wildman–Crippen LogP) is 4.04. The number of amides is 1. The van der Waals surface area contributed by atoms with Gasteiger partial charge in [0.25, 0.3) is 5.91 Å². The third kappa shape index (κ3) is 3.17. The van der Waals surface area contributed by atoms with Gasteiger partial charge in [-0.1, -0.05) is 6.07 Å². The highest BCUT2D eigenvalue weighted by molar-refractivity contribution is 9.10. The molecular formula is C15H14BrFN2O. The van der Waals surface area contributed by atoms with Crippen LogP contribution in [0.1, 0.15) is 21.5 Å². The summed E-state index contributed by atoms with van der Waals surface area (Å²) in [5, 5.41) is 2.78. The fraction of sp³-hybridized carbons (Fsp3) is 0.133.